The third-order valence-electron chi connectivity index (χ3n) is 4.24. The van der Waals surface area contributed by atoms with Crippen molar-refractivity contribution >= 4 is 27.5 Å². The lowest BCUT2D eigenvalue weighted by Crippen LogP contribution is -2.13. The summed E-state index contributed by atoms with van der Waals surface area (Å²) in [6.45, 7) is 4.09. The van der Waals surface area contributed by atoms with Crippen molar-refractivity contribution in [3.63, 3.8) is 0 Å². The average molecular weight is 392 g/mol. The molecule has 128 valence electrons. The van der Waals surface area contributed by atoms with Crippen LogP contribution in [-0.4, -0.2) is 22.2 Å². The van der Waals surface area contributed by atoms with E-state index >= 15 is 0 Å². The number of H-pyrrole nitrogens is 1. The van der Waals surface area contributed by atoms with Gasteiger partial charge in [-0.05, 0) is 71.8 Å². The maximum atomic E-state index is 12.4. The number of nitrogens with one attached hydrogen (secondary N) is 2. The molecular formula is C18H22BrN3O2. The number of rotatable bonds is 5. The molecule has 1 saturated carbocycles. The zero-order valence-corrected chi connectivity index (χ0v) is 15.5. The first-order valence-corrected chi connectivity index (χ1v) is 9.15. The predicted molar refractivity (Wildman–Crippen MR) is 97.7 cm³/mol. The SMILES string of the molecule is CC(C)c1[nH]nc(C(=O)Nc2ccc(OC3CCCC3)cc2)c1Br. The second kappa shape index (κ2) is 7.38. The van der Waals surface area contributed by atoms with Gasteiger partial charge in [-0.25, -0.2) is 0 Å². The molecule has 2 N–H and O–H groups in total. The lowest BCUT2D eigenvalue weighted by atomic mass is 10.1. The Morgan fingerprint density at radius 2 is 1.96 bits per heavy atom. The normalized spacial score (nSPS) is 15.0. The van der Waals surface area contributed by atoms with Crippen LogP contribution >= 0.6 is 15.9 Å². The molecule has 0 saturated heterocycles. The fourth-order valence-electron chi connectivity index (χ4n) is 2.88. The second-order valence-corrected chi connectivity index (χ2v) is 7.25. The molecule has 0 atom stereocenters. The number of aromatic amines is 1. The molecule has 1 aromatic carbocycles. The van der Waals surface area contributed by atoms with Crippen LogP contribution in [0.4, 0.5) is 5.69 Å². The molecular weight excluding hydrogens is 370 g/mol. The van der Waals surface area contributed by atoms with E-state index in [1.165, 1.54) is 12.8 Å². The molecule has 3 rings (SSSR count). The van der Waals surface area contributed by atoms with Crippen molar-refractivity contribution in [1.29, 1.82) is 0 Å². The third-order valence-corrected chi connectivity index (χ3v) is 5.04. The Hall–Kier alpha value is -1.82. The van der Waals surface area contributed by atoms with Crippen LogP contribution in [-0.2, 0) is 0 Å². The van der Waals surface area contributed by atoms with Crippen molar-refractivity contribution in [3.05, 3.63) is 40.1 Å². The van der Waals surface area contributed by atoms with Crippen molar-refractivity contribution in [3.8, 4) is 5.75 Å². The molecule has 0 aliphatic heterocycles. The van der Waals surface area contributed by atoms with Gasteiger partial charge in [-0.2, -0.15) is 5.10 Å². The number of carbonyl (C=O) groups is 1. The standard InChI is InChI=1S/C18H22BrN3O2/c1-11(2)16-15(19)17(22-21-16)18(23)20-12-7-9-14(10-8-12)24-13-5-3-4-6-13/h7-11,13H,3-6H2,1-2H3,(H,20,23)(H,21,22). The van der Waals surface area contributed by atoms with Crippen LogP contribution < -0.4 is 10.1 Å². The first-order chi connectivity index (χ1) is 11.5. The number of nitrogens with zero attached hydrogens (tertiary/aromatic N) is 1. The van der Waals surface area contributed by atoms with E-state index in [2.05, 4.69) is 31.4 Å². The van der Waals surface area contributed by atoms with Gasteiger partial charge in [0.2, 0.25) is 0 Å². The van der Waals surface area contributed by atoms with Crippen LogP contribution in [0.5, 0.6) is 5.75 Å². The summed E-state index contributed by atoms with van der Waals surface area (Å²) in [4.78, 5) is 12.4. The first-order valence-electron chi connectivity index (χ1n) is 8.36. The quantitative estimate of drug-likeness (QED) is 0.763. The maximum absolute atomic E-state index is 12.4. The van der Waals surface area contributed by atoms with E-state index in [0.717, 1.165) is 34.4 Å². The minimum Gasteiger partial charge on any atom is -0.490 e. The molecule has 1 amide bonds. The Morgan fingerprint density at radius 3 is 2.54 bits per heavy atom. The predicted octanol–water partition coefficient (Wildman–Crippen LogP) is 4.87. The van der Waals surface area contributed by atoms with Crippen molar-refractivity contribution in [2.24, 2.45) is 0 Å². The number of anilines is 1. The fraction of sp³-hybridized carbons (Fsp3) is 0.444. The van der Waals surface area contributed by atoms with E-state index < -0.39 is 0 Å². The van der Waals surface area contributed by atoms with Crippen LogP contribution in [0.1, 0.15) is 61.6 Å². The number of hydrogen-bond acceptors (Lipinski definition) is 3. The zero-order chi connectivity index (χ0) is 17.1. The molecule has 6 heteroatoms. The average Bonchev–Trinajstić information content (AvgIpc) is 3.18. The number of ether oxygens (including phenoxy) is 1. The van der Waals surface area contributed by atoms with Crippen molar-refractivity contribution in [1.82, 2.24) is 10.2 Å². The third kappa shape index (κ3) is 3.80. The molecule has 1 aliphatic carbocycles. The maximum Gasteiger partial charge on any atom is 0.277 e. The summed E-state index contributed by atoms with van der Waals surface area (Å²) in [5.41, 5.74) is 2.00. The van der Waals surface area contributed by atoms with E-state index in [0.29, 0.717) is 11.8 Å². The minimum absolute atomic E-state index is 0.241. The molecule has 0 radical (unpaired) electrons. The van der Waals surface area contributed by atoms with E-state index in [9.17, 15) is 4.79 Å². The molecule has 1 aromatic heterocycles. The lowest BCUT2D eigenvalue weighted by molar-refractivity contribution is 0.102. The van der Waals surface area contributed by atoms with Crippen molar-refractivity contribution < 1.29 is 9.53 Å². The summed E-state index contributed by atoms with van der Waals surface area (Å²) >= 11 is 3.45. The summed E-state index contributed by atoms with van der Waals surface area (Å²) in [7, 11) is 0. The number of aromatic nitrogens is 2. The van der Waals surface area contributed by atoms with Crippen LogP contribution in [0, 0.1) is 0 Å². The van der Waals surface area contributed by atoms with Crippen LogP contribution in [0.2, 0.25) is 0 Å². The highest BCUT2D eigenvalue weighted by Crippen LogP contribution is 2.27. The van der Waals surface area contributed by atoms with Crippen LogP contribution in [0.15, 0.2) is 28.7 Å². The van der Waals surface area contributed by atoms with Crippen molar-refractivity contribution in [2.45, 2.75) is 51.6 Å². The number of carbonyl (C=O) groups excluding carboxylic acids is 1. The molecule has 0 bridgehead atoms. The van der Waals surface area contributed by atoms with Gasteiger partial charge >= 0.3 is 0 Å². The molecule has 2 aromatic rings. The molecule has 1 heterocycles. The van der Waals surface area contributed by atoms with Gasteiger partial charge in [0.25, 0.3) is 5.91 Å². The minimum atomic E-state index is -0.241. The highest BCUT2D eigenvalue weighted by atomic mass is 79.9. The molecule has 5 nitrogen and oxygen atoms in total. The Morgan fingerprint density at radius 1 is 1.29 bits per heavy atom. The van der Waals surface area contributed by atoms with Gasteiger partial charge in [0.1, 0.15) is 5.75 Å². The smallest absolute Gasteiger partial charge is 0.277 e. The monoisotopic (exact) mass is 391 g/mol. The number of amides is 1. The van der Waals surface area contributed by atoms with Crippen LogP contribution in [0.25, 0.3) is 0 Å². The summed E-state index contributed by atoms with van der Waals surface area (Å²) in [5, 5.41) is 9.89. The Bertz CT molecular complexity index is 704. The van der Waals surface area contributed by atoms with Gasteiger partial charge < -0.3 is 10.1 Å². The van der Waals surface area contributed by atoms with E-state index in [1.807, 2.05) is 38.1 Å². The number of benzene rings is 1. The Balaban J connectivity index is 1.64. The highest BCUT2D eigenvalue weighted by Gasteiger charge is 2.20. The molecule has 1 aliphatic rings. The van der Waals surface area contributed by atoms with E-state index in [4.69, 9.17) is 4.74 Å². The van der Waals surface area contributed by atoms with Gasteiger partial charge in [-0.3, -0.25) is 9.89 Å². The number of hydrogen-bond donors (Lipinski definition) is 2. The second-order valence-electron chi connectivity index (χ2n) is 6.46. The Kier molecular flexibility index (Phi) is 5.23. The summed E-state index contributed by atoms with van der Waals surface area (Å²) < 4.78 is 6.65. The van der Waals surface area contributed by atoms with Gasteiger partial charge in [0.15, 0.2) is 5.69 Å². The van der Waals surface area contributed by atoms with Gasteiger partial charge in [-0.15, -0.1) is 0 Å². The molecule has 0 spiro atoms. The van der Waals surface area contributed by atoms with Crippen LogP contribution in [0.3, 0.4) is 0 Å². The summed E-state index contributed by atoms with van der Waals surface area (Å²) in [6, 6.07) is 7.50. The van der Waals surface area contributed by atoms with Gasteiger partial charge in [0, 0.05) is 5.69 Å². The largest absolute Gasteiger partial charge is 0.490 e. The summed E-state index contributed by atoms with van der Waals surface area (Å²) in [5.74, 6) is 0.873. The van der Waals surface area contributed by atoms with E-state index in [1.54, 1.807) is 0 Å². The fourth-order valence-corrected chi connectivity index (χ4v) is 3.70. The zero-order valence-electron chi connectivity index (χ0n) is 13.9. The lowest BCUT2D eigenvalue weighted by Gasteiger charge is -2.13. The summed E-state index contributed by atoms with van der Waals surface area (Å²) in [6.07, 6.45) is 5.08. The molecule has 1 fully saturated rings. The highest BCUT2D eigenvalue weighted by molar-refractivity contribution is 9.10. The van der Waals surface area contributed by atoms with E-state index in [-0.39, 0.29) is 11.8 Å². The number of halogens is 1. The van der Waals surface area contributed by atoms with Gasteiger partial charge in [-0.1, -0.05) is 13.8 Å². The van der Waals surface area contributed by atoms with Gasteiger partial charge in [0.05, 0.1) is 16.3 Å². The van der Waals surface area contributed by atoms with Crippen molar-refractivity contribution in [2.75, 3.05) is 5.32 Å². The topological polar surface area (TPSA) is 67.0 Å². The first kappa shape index (κ1) is 17.0. The Labute approximate surface area is 150 Å². The molecule has 24 heavy (non-hydrogen) atoms. The molecule has 0 unspecified atom stereocenters.